The molecular formula is C14H19NO3S. The van der Waals surface area contributed by atoms with Crippen LogP contribution in [0.25, 0.3) is 0 Å². The maximum absolute atomic E-state index is 11.7. The van der Waals surface area contributed by atoms with Crippen molar-refractivity contribution in [3.8, 4) is 0 Å². The first-order valence-electron chi connectivity index (χ1n) is 5.95. The van der Waals surface area contributed by atoms with E-state index in [-0.39, 0.29) is 17.1 Å². The first kappa shape index (κ1) is 15.6. The highest BCUT2D eigenvalue weighted by molar-refractivity contribution is 7.99. The highest BCUT2D eigenvalue weighted by Crippen LogP contribution is 2.19. The van der Waals surface area contributed by atoms with E-state index < -0.39 is 0 Å². The van der Waals surface area contributed by atoms with Gasteiger partial charge in [-0.25, -0.2) is 4.79 Å². The first-order chi connectivity index (χ1) is 8.95. The molecule has 1 amide bonds. The normalized spacial score (nSPS) is 11.8. The highest BCUT2D eigenvalue weighted by Gasteiger charge is 2.15. The van der Waals surface area contributed by atoms with E-state index in [0.717, 1.165) is 11.3 Å². The van der Waals surface area contributed by atoms with Gasteiger partial charge in [-0.2, -0.15) is 0 Å². The van der Waals surface area contributed by atoms with Crippen LogP contribution >= 0.6 is 11.8 Å². The first-order valence-corrected chi connectivity index (χ1v) is 7.00. The Morgan fingerprint density at radius 1 is 1.26 bits per heavy atom. The van der Waals surface area contributed by atoms with Crippen molar-refractivity contribution in [2.45, 2.75) is 17.9 Å². The zero-order valence-corrected chi connectivity index (χ0v) is 12.5. The third-order valence-corrected chi connectivity index (χ3v) is 3.87. The molecule has 0 aliphatic heterocycles. The summed E-state index contributed by atoms with van der Waals surface area (Å²) in [5.74, 6) is 0.508. The van der Waals surface area contributed by atoms with E-state index in [1.165, 1.54) is 7.11 Å². The van der Waals surface area contributed by atoms with E-state index in [1.54, 1.807) is 42.9 Å². The van der Waals surface area contributed by atoms with Crippen molar-refractivity contribution in [3.05, 3.63) is 35.4 Å². The van der Waals surface area contributed by atoms with Crippen LogP contribution in [0.5, 0.6) is 0 Å². The van der Waals surface area contributed by atoms with Crippen LogP contribution in [0.4, 0.5) is 0 Å². The van der Waals surface area contributed by atoms with Gasteiger partial charge in [0.2, 0.25) is 5.91 Å². The molecule has 0 unspecified atom stereocenters. The average molecular weight is 281 g/mol. The number of rotatable bonds is 5. The molecule has 1 rings (SSSR count). The van der Waals surface area contributed by atoms with Gasteiger partial charge in [0.05, 0.1) is 17.9 Å². The molecule has 0 N–H and O–H groups in total. The standard InChI is InChI=1S/C14H19NO3S/c1-10(13(16)15(2)3)19-9-11-5-7-12(8-6-11)14(17)18-4/h5-8,10H,9H2,1-4H3/t10-/m0/s1. The van der Waals surface area contributed by atoms with Crippen LogP contribution in [-0.2, 0) is 15.3 Å². The molecule has 0 aromatic heterocycles. The molecule has 0 fully saturated rings. The van der Waals surface area contributed by atoms with Crippen LogP contribution in [0.15, 0.2) is 24.3 Å². The van der Waals surface area contributed by atoms with E-state index in [0.29, 0.717) is 5.56 Å². The lowest BCUT2D eigenvalue weighted by Crippen LogP contribution is -2.29. The quantitative estimate of drug-likeness (QED) is 0.776. The molecule has 19 heavy (non-hydrogen) atoms. The molecular weight excluding hydrogens is 262 g/mol. The predicted molar refractivity (Wildman–Crippen MR) is 77.2 cm³/mol. The van der Waals surface area contributed by atoms with Gasteiger partial charge in [0.15, 0.2) is 0 Å². The average Bonchev–Trinajstić information content (AvgIpc) is 2.43. The van der Waals surface area contributed by atoms with Crippen LogP contribution in [0, 0.1) is 0 Å². The lowest BCUT2D eigenvalue weighted by molar-refractivity contribution is -0.127. The van der Waals surface area contributed by atoms with Crippen molar-refractivity contribution in [3.63, 3.8) is 0 Å². The van der Waals surface area contributed by atoms with Crippen LogP contribution in [-0.4, -0.2) is 43.2 Å². The van der Waals surface area contributed by atoms with Crippen molar-refractivity contribution in [2.75, 3.05) is 21.2 Å². The minimum Gasteiger partial charge on any atom is -0.465 e. The summed E-state index contributed by atoms with van der Waals surface area (Å²) in [6.07, 6.45) is 0. The largest absolute Gasteiger partial charge is 0.465 e. The molecule has 0 saturated heterocycles. The maximum Gasteiger partial charge on any atom is 0.337 e. The van der Waals surface area contributed by atoms with Crippen LogP contribution in [0.2, 0.25) is 0 Å². The second-order valence-electron chi connectivity index (χ2n) is 4.37. The van der Waals surface area contributed by atoms with Crippen molar-refractivity contribution >= 4 is 23.6 Å². The highest BCUT2D eigenvalue weighted by atomic mass is 32.2. The molecule has 1 atom stereocenters. The topological polar surface area (TPSA) is 46.6 Å². The van der Waals surface area contributed by atoms with Gasteiger partial charge in [-0.1, -0.05) is 12.1 Å². The van der Waals surface area contributed by atoms with Gasteiger partial charge in [0.25, 0.3) is 0 Å². The Kier molecular flexibility index (Phi) is 5.89. The lowest BCUT2D eigenvalue weighted by atomic mass is 10.1. The third-order valence-electron chi connectivity index (χ3n) is 2.66. The number of thioether (sulfide) groups is 1. The summed E-state index contributed by atoms with van der Waals surface area (Å²) in [4.78, 5) is 24.6. The van der Waals surface area contributed by atoms with Crippen LogP contribution in [0.1, 0.15) is 22.8 Å². The maximum atomic E-state index is 11.7. The van der Waals surface area contributed by atoms with Crippen molar-refractivity contribution in [2.24, 2.45) is 0 Å². The summed E-state index contributed by atoms with van der Waals surface area (Å²) in [6.45, 7) is 1.90. The minimum atomic E-state index is -0.338. The fourth-order valence-corrected chi connectivity index (χ4v) is 2.50. The zero-order valence-electron chi connectivity index (χ0n) is 11.7. The van der Waals surface area contributed by atoms with Gasteiger partial charge in [0.1, 0.15) is 0 Å². The minimum absolute atomic E-state index is 0.0738. The molecule has 0 bridgehead atoms. The van der Waals surface area contributed by atoms with E-state index in [9.17, 15) is 9.59 Å². The van der Waals surface area contributed by atoms with Crippen molar-refractivity contribution in [1.82, 2.24) is 4.90 Å². The summed E-state index contributed by atoms with van der Waals surface area (Å²) < 4.78 is 4.64. The fourth-order valence-electron chi connectivity index (χ4n) is 1.51. The Hall–Kier alpha value is -1.49. The molecule has 0 aliphatic rings. The molecule has 104 valence electrons. The number of methoxy groups -OCH3 is 1. The molecule has 0 aliphatic carbocycles. The summed E-state index contributed by atoms with van der Waals surface area (Å²) >= 11 is 1.58. The van der Waals surface area contributed by atoms with Crippen molar-refractivity contribution in [1.29, 1.82) is 0 Å². The molecule has 4 nitrogen and oxygen atoms in total. The number of hydrogen-bond acceptors (Lipinski definition) is 4. The smallest absolute Gasteiger partial charge is 0.337 e. The number of nitrogens with zero attached hydrogens (tertiary/aromatic N) is 1. The van der Waals surface area contributed by atoms with Gasteiger partial charge in [-0.3, -0.25) is 4.79 Å². The number of esters is 1. The Morgan fingerprint density at radius 2 is 1.84 bits per heavy atom. The Labute approximate surface area is 118 Å². The summed E-state index contributed by atoms with van der Waals surface area (Å²) in [7, 11) is 4.87. The monoisotopic (exact) mass is 281 g/mol. The van der Waals surface area contributed by atoms with Gasteiger partial charge in [-0.05, 0) is 24.6 Å². The Bertz CT molecular complexity index is 443. The summed E-state index contributed by atoms with van der Waals surface area (Å²) in [5.41, 5.74) is 1.62. The van der Waals surface area contributed by atoms with Crippen molar-refractivity contribution < 1.29 is 14.3 Å². The lowest BCUT2D eigenvalue weighted by Gasteiger charge is -2.16. The number of ether oxygens (including phenoxy) is 1. The van der Waals surface area contributed by atoms with Gasteiger partial charge in [-0.15, -0.1) is 11.8 Å². The molecule has 1 aromatic rings. The summed E-state index contributed by atoms with van der Waals surface area (Å²) in [6, 6.07) is 7.23. The molecule has 0 spiro atoms. The number of carbonyl (C=O) groups is 2. The van der Waals surface area contributed by atoms with E-state index >= 15 is 0 Å². The number of hydrogen-bond donors (Lipinski definition) is 0. The molecule has 0 saturated carbocycles. The molecule has 1 aromatic carbocycles. The predicted octanol–water partition coefficient (Wildman–Crippen LogP) is 2.18. The summed E-state index contributed by atoms with van der Waals surface area (Å²) in [5, 5.41) is -0.0738. The van der Waals surface area contributed by atoms with Gasteiger partial charge in [0, 0.05) is 19.8 Å². The SMILES string of the molecule is COC(=O)c1ccc(CS[C@@H](C)C(=O)N(C)C)cc1. The molecule has 0 heterocycles. The number of carbonyl (C=O) groups excluding carboxylic acids is 2. The number of amides is 1. The van der Waals surface area contributed by atoms with Gasteiger partial charge >= 0.3 is 5.97 Å². The second-order valence-corrected chi connectivity index (χ2v) is 5.70. The zero-order chi connectivity index (χ0) is 14.4. The van der Waals surface area contributed by atoms with Gasteiger partial charge < -0.3 is 9.64 Å². The molecule has 0 radical (unpaired) electrons. The second kappa shape index (κ2) is 7.19. The fraction of sp³-hybridized carbons (Fsp3) is 0.429. The van der Waals surface area contributed by atoms with E-state index in [4.69, 9.17) is 0 Å². The number of benzene rings is 1. The third kappa shape index (κ3) is 4.59. The Balaban J connectivity index is 2.55. The van der Waals surface area contributed by atoms with Crippen LogP contribution < -0.4 is 0 Å². The Morgan fingerprint density at radius 3 is 2.32 bits per heavy atom. The van der Waals surface area contributed by atoms with Crippen LogP contribution in [0.3, 0.4) is 0 Å². The molecule has 5 heteroatoms. The van der Waals surface area contributed by atoms with E-state index in [2.05, 4.69) is 4.74 Å². The van der Waals surface area contributed by atoms with E-state index in [1.807, 2.05) is 19.1 Å².